The molecule has 5 heteroatoms. The molecule has 1 aliphatic rings. The number of carbonyl (C=O) groups is 1. The maximum Gasteiger partial charge on any atom is 0.238 e. The van der Waals surface area contributed by atoms with Crippen LogP contribution >= 0.6 is 0 Å². The SMILES string of the molecule is CCNC(C)(CN1CCCC(C)(OC)C1)C(N)=O. The number of methoxy groups -OCH3 is 1. The van der Waals surface area contributed by atoms with Gasteiger partial charge in [0.25, 0.3) is 0 Å². The topological polar surface area (TPSA) is 67.6 Å². The van der Waals surface area contributed by atoms with Gasteiger partial charge in [-0.15, -0.1) is 0 Å². The lowest BCUT2D eigenvalue weighted by atomic mass is 9.92. The van der Waals surface area contributed by atoms with E-state index in [0.29, 0.717) is 6.54 Å². The highest BCUT2D eigenvalue weighted by molar-refractivity contribution is 5.84. The number of ether oxygens (including phenoxy) is 1. The van der Waals surface area contributed by atoms with E-state index in [4.69, 9.17) is 10.5 Å². The molecule has 0 radical (unpaired) electrons. The Balaban J connectivity index is 2.67. The summed E-state index contributed by atoms with van der Waals surface area (Å²) in [6.07, 6.45) is 2.15. The molecule has 1 fully saturated rings. The molecule has 0 bridgehead atoms. The van der Waals surface area contributed by atoms with Gasteiger partial charge in [0.15, 0.2) is 0 Å². The highest BCUT2D eigenvalue weighted by atomic mass is 16.5. The van der Waals surface area contributed by atoms with Gasteiger partial charge in [-0.3, -0.25) is 9.69 Å². The maximum atomic E-state index is 11.6. The minimum Gasteiger partial charge on any atom is -0.377 e. The fourth-order valence-corrected chi connectivity index (χ4v) is 2.67. The van der Waals surface area contributed by atoms with Crippen molar-refractivity contribution in [3.8, 4) is 0 Å². The number of likely N-dealkylation sites (N-methyl/N-ethyl adjacent to an activating group) is 1. The van der Waals surface area contributed by atoms with E-state index in [1.807, 2.05) is 13.8 Å². The molecule has 1 aliphatic heterocycles. The summed E-state index contributed by atoms with van der Waals surface area (Å²) in [5.41, 5.74) is 4.74. The quantitative estimate of drug-likeness (QED) is 0.720. The van der Waals surface area contributed by atoms with Crippen molar-refractivity contribution < 1.29 is 9.53 Å². The van der Waals surface area contributed by atoms with Crippen LogP contribution in [0.15, 0.2) is 0 Å². The standard InChI is InChI=1S/C13H27N3O2/c1-5-15-13(3,11(14)17)10-16-8-6-7-12(2,9-16)18-4/h15H,5-10H2,1-4H3,(H2,14,17). The Labute approximate surface area is 110 Å². The van der Waals surface area contributed by atoms with Crippen molar-refractivity contribution in [3.63, 3.8) is 0 Å². The predicted octanol–water partition coefficient (Wildman–Crippen LogP) is 0.341. The van der Waals surface area contributed by atoms with Gasteiger partial charge in [0.05, 0.1) is 5.60 Å². The number of carbonyl (C=O) groups excluding carboxylic acids is 1. The first-order valence-corrected chi connectivity index (χ1v) is 6.68. The number of hydrogen-bond donors (Lipinski definition) is 2. The van der Waals surface area contributed by atoms with Crippen LogP contribution in [0.25, 0.3) is 0 Å². The Morgan fingerprint density at radius 3 is 2.78 bits per heavy atom. The first-order chi connectivity index (χ1) is 8.35. The van der Waals surface area contributed by atoms with E-state index >= 15 is 0 Å². The third-order valence-electron chi connectivity index (χ3n) is 3.88. The number of nitrogens with two attached hydrogens (primary N) is 1. The number of likely N-dealkylation sites (tertiary alicyclic amines) is 1. The van der Waals surface area contributed by atoms with Crippen molar-refractivity contribution in [3.05, 3.63) is 0 Å². The molecule has 106 valence electrons. The predicted molar refractivity (Wildman–Crippen MR) is 72.4 cm³/mol. The zero-order valence-electron chi connectivity index (χ0n) is 12.1. The lowest BCUT2D eigenvalue weighted by molar-refractivity contribution is -0.125. The number of primary amides is 1. The van der Waals surface area contributed by atoms with E-state index in [0.717, 1.165) is 32.5 Å². The van der Waals surface area contributed by atoms with Crippen LogP contribution in [0.2, 0.25) is 0 Å². The molecular formula is C13H27N3O2. The minimum absolute atomic E-state index is 0.108. The van der Waals surface area contributed by atoms with Crippen molar-refractivity contribution in [2.75, 3.05) is 33.3 Å². The van der Waals surface area contributed by atoms with Gasteiger partial charge in [0.2, 0.25) is 5.91 Å². The normalized spacial score (nSPS) is 28.9. The van der Waals surface area contributed by atoms with Crippen LogP contribution in [-0.4, -0.2) is 55.2 Å². The number of hydrogen-bond acceptors (Lipinski definition) is 4. The number of rotatable bonds is 6. The third-order valence-corrected chi connectivity index (χ3v) is 3.88. The fraction of sp³-hybridized carbons (Fsp3) is 0.923. The Hall–Kier alpha value is -0.650. The first-order valence-electron chi connectivity index (χ1n) is 6.68. The van der Waals surface area contributed by atoms with E-state index < -0.39 is 5.54 Å². The van der Waals surface area contributed by atoms with Crippen LogP contribution in [0.3, 0.4) is 0 Å². The Kier molecular flexibility index (Phi) is 5.13. The smallest absolute Gasteiger partial charge is 0.238 e. The van der Waals surface area contributed by atoms with Gasteiger partial charge in [-0.1, -0.05) is 6.92 Å². The van der Waals surface area contributed by atoms with Crippen LogP contribution in [0.5, 0.6) is 0 Å². The Bertz CT molecular complexity index is 298. The van der Waals surface area contributed by atoms with Gasteiger partial charge in [-0.05, 0) is 39.8 Å². The van der Waals surface area contributed by atoms with Gasteiger partial charge in [0, 0.05) is 20.2 Å². The maximum absolute atomic E-state index is 11.6. The third kappa shape index (κ3) is 3.67. The van der Waals surface area contributed by atoms with Gasteiger partial charge in [-0.25, -0.2) is 0 Å². The monoisotopic (exact) mass is 257 g/mol. The molecule has 2 unspecified atom stereocenters. The summed E-state index contributed by atoms with van der Waals surface area (Å²) in [5.74, 6) is -0.297. The van der Waals surface area contributed by atoms with Crippen LogP contribution in [0.1, 0.15) is 33.6 Å². The van der Waals surface area contributed by atoms with Crippen molar-refractivity contribution in [2.45, 2.75) is 44.8 Å². The van der Waals surface area contributed by atoms with E-state index in [9.17, 15) is 4.79 Å². The summed E-state index contributed by atoms with van der Waals surface area (Å²) in [6.45, 7) is 9.18. The lowest BCUT2D eigenvalue weighted by Crippen LogP contribution is -2.62. The highest BCUT2D eigenvalue weighted by Gasteiger charge is 2.37. The molecule has 1 amide bonds. The molecule has 0 aliphatic carbocycles. The zero-order chi connectivity index (χ0) is 13.8. The summed E-state index contributed by atoms with van der Waals surface area (Å²) >= 11 is 0. The second-order valence-electron chi connectivity index (χ2n) is 5.69. The lowest BCUT2D eigenvalue weighted by Gasteiger charge is -2.42. The molecule has 3 N–H and O–H groups in total. The molecule has 2 atom stereocenters. The molecule has 0 saturated carbocycles. The molecule has 1 saturated heterocycles. The molecule has 1 rings (SSSR count). The summed E-state index contributed by atoms with van der Waals surface area (Å²) in [6, 6.07) is 0. The highest BCUT2D eigenvalue weighted by Crippen LogP contribution is 2.24. The molecule has 1 heterocycles. The molecular weight excluding hydrogens is 230 g/mol. The van der Waals surface area contributed by atoms with Gasteiger partial charge >= 0.3 is 0 Å². The second kappa shape index (κ2) is 5.99. The Morgan fingerprint density at radius 1 is 1.61 bits per heavy atom. The van der Waals surface area contributed by atoms with Crippen LogP contribution < -0.4 is 11.1 Å². The molecule has 18 heavy (non-hydrogen) atoms. The van der Waals surface area contributed by atoms with E-state index in [1.165, 1.54) is 0 Å². The van der Waals surface area contributed by atoms with Gasteiger partial charge in [-0.2, -0.15) is 0 Å². The van der Waals surface area contributed by atoms with Crippen molar-refractivity contribution in [1.29, 1.82) is 0 Å². The molecule has 0 aromatic heterocycles. The summed E-state index contributed by atoms with van der Waals surface area (Å²) in [5, 5.41) is 3.19. The molecule has 0 aromatic carbocycles. The molecule has 5 nitrogen and oxygen atoms in total. The minimum atomic E-state index is -0.666. The molecule has 0 aromatic rings. The average molecular weight is 257 g/mol. The van der Waals surface area contributed by atoms with E-state index in [1.54, 1.807) is 7.11 Å². The molecule has 0 spiro atoms. The van der Waals surface area contributed by atoms with Crippen LogP contribution in [0, 0.1) is 0 Å². The van der Waals surface area contributed by atoms with Crippen LogP contribution in [-0.2, 0) is 9.53 Å². The average Bonchev–Trinajstić information content (AvgIpc) is 2.29. The van der Waals surface area contributed by atoms with Crippen molar-refractivity contribution in [1.82, 2.24) is 10.2 Å². The van der Waals surface area contributed by atoms with E-state index in [2.05, 4.69) is 17.1 Å². The second-order valence-corrected chi connectivity index (χ2v) is 5.69. The largest absolute Gasteiger partial charge is 0.377 e. The number of amides is 1. The van der Waals surface area contributed by atoms with Gasteiger partial charge in [0.1, 0.15) is 5.54 Å². The first kappa shape index (κ1) is 15.4. The van der Waals surface area contributed by atoms with Crippen molar-refractivity contribution >= 4 is 5.91 Å². The summed E-state index contributed by atoms with van der Waals surface area (Å²) in [7, 11) is 1.75. The Morgan fingerprint density at radius 2 is 2.28 bits per heavy atom. The number of nitrogens with one attached hydrogen (secondary N) is 1. The van der Waals surface area contributed by atoms with E-state index in [-0.39, 0.29) is 11.5 Å². The zero-order valence-corrected chi connectivity index (χ0v) is 12.1. The number of piperidine rings is 1. The summed E-state index contributed by atoms with van der Waals surface area (Å²) < 4.78 is 5.57. The summed E-state index contributed by atoms with van der Waals surface area (Å²) in [4.78, 5) is 13.9. The van der Waals surface area contributed by atoms with Crippen LogP contribution in [0.4, 0.5) is 0 Å². The number of nitrogens with zero attached hydrogens (tertiary/aromatic N) is 1. The van der Waals surface area contributed by atoms with Gasteiger partial charge < -0.3 is 15.8 Å². The fourth-order valence-electron chi connectivity index (χ4n) is 2.67. The van der Waals surface area contributed by atoms with Crippen molar-refractivity contribution in [2.24, 2.45) is 5.73 Å².